The van der Waals surface area contributed by atoms with Crippen LogP contribution in [0.1, 0.15) is 42.6 Å². The molecule has 2 N–H and O–H groups in total. The maximum Gasteiger partial charge on any atom is 0.129 e. The van der Waals surface area contributed by atoms with E-state index in [1.54, 1.807) is 12.1 Å². The standard InChI is InChI=1S/C18H22FN3/c1-2-17(14-5-3-7-15(19)11-14)21-12-16-9-8-13-6-4-10-20-18(13)22-16/h3,5,7-9,11,17,21H,2,4,6,10,12H2,1H3,(H,20,22). The van der Waals surface area contributed by atoms with Crippen LogP contribution in [0.3, 0.4) is 0 Å². The Morgan fingerprint density at radius 2 is 2.23 bits per heavy atom. The summed E-state index contributed by atoms with van der Waals surface area (Å²) in [5.74, 6) is 0.832. The molecule has 0 aliphatic carbocycles. The van der Waals surface area contributed by atoms with Crippen LogP contribution in [0.4, 0.5) is 10.2 Å². The molecule has 0 saturated heterocycles. The Hall–Kier alpha value is -1.94. The number of rotatable bonds is 5. The first-order valence-corrected chi connectivity index (χ1v) is 7.98. The summed E-state index contributed by atoms with van der Waals surface area (Å²) < 4.78 is 13.4. The summed E-state index contributed by atoms with van der Waals surface area (Å²) in [6, 6.07) is 11.2. The van der Waals surface area contributed by atoms with Gasteiger partial charge in [-0.25, -0.2) is 9.37 Å². The summed E-state index contributed by atoms with van der Waals surface area (Å²) in [6.45, 7) is 3.78. The molecule has 1 unspecified atom stereocenters. The summed E-state index contributed by atoms with van der Waals surface area (Å²) >= 11 is 0. The van der Waals surface area contributed by atoms with E-state index in [1.807, 2.05) is 6.07 Å². The van der Waals surface area contributed by atoms with Gasteiger partial charge in [0.1, 0.15) is 11.6 Å². The topological polar surface area (TPSA) is 37.0 Å². The summed E-state index contributed by atoms with van der Waals surface area (Å²) in [7, 11) is 0. The lowest BCUT2D eigenvalue weighted by atomic mass is 10.0. The number of benzene rings is 1. The van der Waals surface area contributed by atoms with E-state index in [2.05, 4.69) is 34.7 Å². The van der Waals surface area contributed by atoms with Crippen molar-refractivity contribution in [2.45, 2.75) is 38.8 Å². The minimum atomic E-state index is -0.186. The second-order valence-electron chi connectivity index (χ2n) is 5.74. The zero-order valence-corrected chi connectivity index (χ0v) is 12.9. The lowest BCUT2D eigenvalue weighted by Crippen LogP contribution is -2.22. The average molecular weight is 299 g/mol. The van der Waals surface area contributed by atoms with Crippen LogP contribution in [0.2, 0.25) is 0 Å². The Labute approximate surface area is 131 Å². The Balaban J connectivity index is 1.68. The fourth-order valence-electron chi connectivity index (χ4n) is 2.92. The summed E-state index contributed by atoms with van der Waals surface area (Å²) in [5, 5.41) is 6.83. The molecule has 0 fully saturated rings. The highest BCUT2D eigenvalue weighted by molar-refractivity contribution is 5.47. The Morgan fingerprint density at radius 1 is 1.32 bits per heavy atom. The van der Waals surface area contributed by atoms with E-state index in [9.17, 15) is 4.39 Å². The van der Waals surface area contributed by atoms with Gasteiger partial charge >= 0.3 is 0 Å². The predicted octanol–water partition coefficient (Wildman–Crippen LogP) is 3.82. The summed E-state index contributed by atoms with van der Waals surface area (Å²) in [5.41, 5.74) is 3.30. The minimum absolute atomic E-state index is 0.140. The number of pyridine rings is 1. The molecule has 2 aromatic rings. The van der Waals surface area contributed by atoms with E-state index in [-0.39, 0.29) is 11.9 Å². The average Bonchev–Trinajstić information content (AvgIpc) is 2.55. The van der Waals surface area contributed by atoms with Crippen molar-refractivity contribution in [3.8, 4) is 0 Å². The number of hydrogen-bond acceptors (Lipinski definition) is 3. The SMILES string of the molecule is CCC(NCc1ccc2c(n1)NCCC2)c1cccc(F)c1. The van der Waals surface area contributed by atoms with Crippen LogP contribution in [-0.2, 0) is 13.0 Å². The maximum absolute atomic E-state index is 13.4. The van der Waals surface area contributed by atoms with Crippen LogP contribution < -0.4 is 10.6 Å². The summed E-state index contributed by atoms with van der Waals surface area (Å²) in [4.78, 5) is 4.68. The van der Waals surface area contributed by atoms with Crippen LogP contribution in [0.25, 0.3) is 0 Å². The third-order valence-electron chi connectivity index (χ3n) is 4.14. The highest BCUT2D eigenvalue weighted by Crippen LogP contribution is 2.21. The molecule has 0 radical (unpaired) electrons. The largest absolute Gasteiger partial charge is 0.370 e. The lowest BCUT2D eigenvalue weighted by Gasteiger charge is -2.20. The molecule has 22 heavy (non-hydrogen) atoms. The fraction of sp³-hybridized carbons (Fsp3) is 0.389. The van der Waals surface area contributed by atoms with Gasteiger partial charge in [-0.15, -0.1) is 0 Å². The van der Waals surface area contributed by atoms with Crippen molar-refractivity contribution in [3.05, 3.63) is 59.0 Å². The molecular formula is C18H22FN3. The molecule has 2 heterocycles. The van der Waals surface area contributed by atoms with E-state index in [4.69, 9.17) is 0 Å². The number of nitrogens with one attached hydrogen (secondary N) is 2. The van der Waals surface area contributed by atoms with Crippen LogP contribution in [0.15, 0.2) is 36.4 Å². The van der Waals surface area contributed by atoms with Gasteiger partial charge in [-0.3, -0.25) is 0 Å². The molecule has 1 aliphatic heterocycles. The maximum atomic E-state index is 13.4. The van der Waals surface area contributed by atoms with Crippen molar-refractivity contribution in [1.29, 1.82) is 0 Å². The van der Waals surface area contributed by atoms with Crippen molar-refractivity contribution in [3.63, 3.8) is 0 Å². The minimum Gasteiger partial charge on any atom is -0.370 e. The number of anilines is 1. The molecule has 0 saturated carbocycles. The van der Waals surface area contributed by atoms with Gasteiger partial charge in [0, 0.05) is 19.1 Å². The molecular weight excluding hydrogens is 277 g/mol. The first-order chi connectivity index (χ1) is 10.8. The van der Waals surface area contributed by atoms with Gasteiger partial charge in [-0.05, 0) is 48.6 Å². The molecule has 0 spiro atoms. The number of fused-ring (bicyclic) bond motifs is 1. The quantitative estimate of drug-likeness (QED) is 0.881. The predicted molar refractivity (Wildman–Crippen MR) is 87.3 cm³/mol. The van der Waals surface area contributed by atoms with Gasteiger partial charge in [0.2, 0.25) is 0 Å². The van der Waals surface area contributed by atoms with Crippen LogP contribution >= 0.6 is 0 Å². The van der Waals surface area contributed by atoms with Crippen molar-refractivity contribution in [1.82, 2.24) is 10.3 Å². The van der Waals surface area contributed by atoms with Gasteiger partial charge in [0.25, 0.3) is 0 Å². The first kappa shape index (κ1) is 15.0. The molecule has 0 amide bonds. The zero-order valence-electron chi connectivity index (χ0n) is 12.9. The zero-order chi connectivity index (χ0) is 15.4. The number of aryl methyl sites for hydroxylation is 1. The van der Waals surface area contributed by atoms with Crippen LogP contribution in [0, 0.1) is 5.82 Å². The molecule has 1 aromatic heterocycles. The van der Waals surface area contributed by atoms with Crippen molar-refractivity contribution in [2.24, 2.45) is 0 Å². The molecule has 3 rings (SSSR count). The van der Waals surface area contributed by atoms with E-state index in [1.165, 1.54) is 18.1 Å². The van der Waals surface area contributed by atoms with Gasteiger partial charge in [-0.2, -0.15) is 0 Å². The van der Waals surface area contributed by atoms with Crippen LogP contribution in [-0.4, -0.2) is 11.5 Å². The Bertz CT molecular complexity index is 642. The number of hydrogen-bond donors (Lipinski definition) is 2. The molecule has 1 aromatic carbocycles. The third kappa shape index (κ3) is 3.45. The lowest BCUT2D eigenvalue weighted by molar-refractivity contribution is 0.510. The van der Waals surface area contributed by atoms with Gasteiger partial charge in [0.05, 0.1) is 5.69 Å². The van der Waals surface area contributed by atoms with Crippen molar-refractivity contribution in [2.75, 3.05) is 11.9 Å². The van der Waals surface area contributed by atoms with E-state index < -0.39 is 0 Å². The van der Waals surface area contributed by atoms with Gasteiger partial charge in [-0.1, -0.05) is 25.1 Å². The monoisotopic (exact) mass is 299 g/mol. The highest BCUT2D eigenvalue weighted by Gasteiger charge is 2.12. The molecule has 1 atom stereocenters. The number of halogens is 1. The Kier molecular flexibility index (Phi) is 4.68. The molecule has 4 heteroatoms. The number of aromatic nitrogens is 1. The highest BCUT2D eigenvalue weighted by atomic mass is 19.1. The van der Waals surface area contributed by atoms with Gasteiger partial charge < -0.3 is 10.6 Å². The van der Waals surface area contributed by atoms with E-state index in [0.717, 1.165) is 36.5 Å². The van der Waals surface area contributed by atoms with Crippen LogP contribution in [0.5, 0.6) is 0 Å². The molecule has 3 nitrogen and oxygen atoms in total. The fourth-order valence-corrected chi connectivity index (χ4v) is 2.92. The van der Waals surface area contributed by atoms with Gasteiger partial charge in [0.15, 0.2) is 0 Å². The number of nitrogens with zero attached hydrogens (tertiary/aromatic N) is 1. The molecule has 1 aliphatic rings. The van der Waals surface area contributed by atoms with E-state index >= 15 is 0 Å². The second-order valence-corrected chi connectivity index (χ2v) is 5.74. The third-order valence-corrected chi connectivity index (χ3v) is 4.14. The Morgan fingerprint density at radius 3 is 3.05 bits per heavy atom. The smallest absolute Gasteiger partial charge is 0.129 e. The first-order valence-electron chi connectivity index (χ1n) is 7.98. The molecule has 0 bridgehead atoms. The summed E-state index contributed by atoms with van der Waals surface area (Å²) in [6.07, 6.45) is 3.18. The second kappa shape index (κ2) is 6.88. The normalized spacial score (nSPS) is 15.0. The molecule has 116 valence electrons. The van der Waals surface area contributed by atoms with Crippen molar-refractivity contribution < 1.29 is 4.39 Å². The van der Waals surface area contributed by atoms with Crippen molar-refractivity contribution >= 4 is 5.82 Å². The van der Waals surface area contributed by atoms with E-state index in [0.29, 0.717) is 6.54 Å².